The van der Waals surface area contributed by atoms with Crippen molar-refractivity contribution in [2.45, 2.75) is 32.1 Å². The highest BCUT2D eigenvalue weighted by Gasteiger charge is 2.23. The normalized spacial score (nSPS) is 15.6. The Balaban J connectivity index is 2.38. The molecule has 0 heterocycles. The van der Waals surface area contributed by atoms with Crippen molar-refractivity contribution in [1.82, 2.24) is 0 Å². The van der Waals surface area contributed by atoms with Crippen LogP contribution in [0, 0.1) is 6.92 Å². The van der Waals surface area contributed by atoms with Crippen LogP contribution in [0.25, 0.3) is 0 Å². The molecule has 0 atom stereocenters. The first kappa shape index (κ1) is 11.0. The van der Waals surface area contributed by atoms with Crippen LogP contribution >= 0.6 is 0 Å². The molecule has 1 saturated carbocycles. The van der Waals surface area contributed by atoms with Gasteiger partial charge in [-0.1, -0.05) is 12.5 Å². The molecular formula is C13H17NO2. The van der Waals surface area contributed by atoms with Crippen LogP contribution in [0.2, 0.25) is 0 Å². The zero-order valence-electron chi connectivity index (χ0n) is 9.75. The lowest BCUT2D eigenvalue weighted by Gasteiger charge is -2.27. The maximum atomic E-state index is 11.5. The number of aryl methyl sites for hydroxylation is 1. The van der Waals surface area contributed by atoms with Gasteiger partial charge in [-0.25, -0.2) is 4.79 Å². The fourth-order valence-corrected chi connectivity index (χ4v) is 2.15. The van der Waals surface area contributed by atoms with Gasteiger partial charge in [0.1, 0.15) is 0 Å². The van der Waals surface area contributed by atoms with Gasteiger partial charge in [0.15, 0.2) is 0 Å². The first-order valence-corrected chi connectivity index (χ1v) is 5.62. The number of hydrogen-bond donors (Lipinski definition) is 1. The average Bonchev–Trinajstić information content (AvgIpc) is 2.19. The number of benzene rings is 1. The van der Waals surface area contributed by atoms with Crippen LogP contribution in [0.3, 0.4) is 0 Å². The highest BCUT2D eigenvalue weighted by atomic mass is 16.5. The predicted octanol–water partition coefficient (Wildman–Crippen LogP) is 2.63. The summed E-state index contributed by atoms with van der Waals surface area (Å²) in [5.74, 6) is 0.273. The molecule has 0 aliphatic heterocycles. The minimum atomic E-state index is -0.315. The second-order valence-corrected chi connectivity index (χ2v) is 4.42. The molecule has 1 aromatic carbocycles. The highest BCUT2D eigenvalue weighted by Crippen LogP contribution is 2.39. The SMILES string of the molecule is COC(=O)c1cc(N)c(C2CCC2)cc1C. The van der Waals surface area contributed by atoms with Crippen LogP contribution in [-0.4, -0.2) is 13.1 Å². The number of anilines is 1. The van der Waals surface area contributed by atoms with E-state index in [9.17, 15) is 4.79 Å². The summed E-state index contributed by atoms with van der Waals surface area (Å²) in [6.07, 6.45) is 3.70. The van der Waals surface area contributed by atoms with Gasteiger partial charge in [-0.2, -0.15) is 0 Å². The monoisotopic (exact) mass is 219 g/mol. The fraction of sp³-hybridized carbons (Fsp3) is 0.462. The Kier molecular flexibility index (Phi) is 2.86. The topological polar surface area (TPSA) is 52.3 Å². The van der Waals surface area contributed by atoms with Crippen molar-refractivity contribution in [2.75, 3.05) is 12.8 Å². The molecule has 0 aromatic heterocycles. The molecule has 0 bridgehead atoms. The zero-order chi connectivity index (χ0) is 11.7. The van der Waals surface area contributed by atoms with Crippen LogP contribution in [0.15, 0.2) is 12.1 Å². The minimum absolute atomic E-state index is 0.315. The van der Waals surface area contributed by atoms with E-state index in [1.54, 1.807) is 6.07 Å². The lowest BCUT2D eigenvalue weighted by Crippen LogP contribution is -2.13. The van der Waals surface area contributed by atoms with E-state index in [2.05, 4.69) is 0 Å². The smallest absolute Gasteiger partial charge is 0.338 e. The quantitative estimate of drug-likeness (QED) is 0.614. The summed E-state index contributed by atoms with van der Waals surface area (Å²) in [4.78, 5) is 11.5. The van der Waals surface area contributed by atoms with Crippen LogP contribution in [0.5, 0.6) is 0 Å². The van der Waals surface area contributed by atoms with E-state index in [4.69, 9.17) is 10.5 Å². The number of nitrogen functional groups attached to an aromatic ring is 1. The molecule has 0 spiro atoms. The molecule has 1 aliphatic carbocycles. The lowest BCUT2D eigenvalue weighted by atomic mass is 9.78. The Morgan fingerprint density at radius 1 is 1.44 bits per heavy atom. The van der Waals surface area contributed by atoms with Crippen LogP contribution < -0.4 is 5.73 Å². The Labute approximate surface area is 95.6 Å². The number of hydrogen-bond acceptors (Lipinski definition) is 3. The fourth-order valence-electron chi connectivity index (χ4n) is 2.15. The Bertz CT molecular complexity index is 422. The van der Waals surface area contributed by atoms with Crippen molar-refractivity contribution in [2.24, 2.45) is 0 Å². The minimum Gasteiger partial charge on any atom is -0.465 e. The van der Waals surface area contributed by atoms with E-state index in [0.717, 1.165) is 11.3 Å². The average molecular weight is 219 g/mol. The molecule has 1 aromatic rings. The van der Waals surface area contributed by atoms with Gasteiger partial charge in [-0.3, -0.25) is 0 Å². The summed E-state index contributed by atoms with van der Waals surface area (Å²) >= 11 is 0. The van der Waals surface area contributed by atoms with Gasteiger partial charge in [-0.05, 0) is 42.9 Å². The van der Waals surface area contributed by atoms with Crippen molar-refractivity contribution in [3.63, 3.8) is 0 Å². The zero-order valence-corrected chi connectivity index (χ0v) is 9.75. The van der Waals surface area contributed by atoms with E-state index in [-0.39, 0.29) is 5.97 Å². The van der Waals surface area contributed by atoms with Crippen molar-refractivity contribution in [1.29, 1.82) is 0 Å². The number of methoxy groups -OCH3 is 1. The lowest BCUT2D eigenvalue weighted by molar-refractivity contribution is 0.0600. The van der Waals surface area contributed by atoms with Gasteiger partial charge >= 0.3 is 5.97 Å². The Morgan fingerprint density at radius 3 is 2.62 bits per heavy atom. The summed E-state index contributed by atoms with van der Waals surface area (Å²) in [5.41, 5.74) is 9.41. The van der Waals surface area contributed by atoms with Gasteiger partial charge in [0, 0.05) is 5.69 Å². The number of carbonyl (C=O) groups is 1. The van der Waals surface area contributed by atoms with E-state index < -0.39 is 0 Å². The summed E-state index contributed by atoms with van der Waals surface area (Å²) in [5, 5.41) is 0. The second-order valence-electron chi connectivity index (χ2n) is 4.42. The number of esters is 1. The molecule has 2 rings (SSSR count). The van der Waals surface area contributed by atoms with Gasteiger partial charge in [-0.15, -0.1) is 0 Å². The molecule has 1 fully saturated rings. The second kappa shape index (κ2) is 4.16. The molecular weight excluding hydrogens is 202 g/mol. The molecule has 1 aliphatic rings. The van der Waals surface area contributed by atoms with Crippen molar-refractivity contribution in [3.05, 3.63) is 28.8 Å². The van der Waals surface area contributed by atoms with Crippen molar-refractivity contribution < 1.29 is 9.53 Å². The third-order valence-corrected chi connectivity index (χ3v) is 3.38. The number of carbonyl (C=O) groups excluding carboxylic acids is 1. The van der Waals surface area contributed by atoms with Crippen LogP contribution in [-0.2, 0) is 4.74 Å². The Morgan fingerprint density at radius 2 is 2.12 bits per heavy atom. The van der Waals surface area contributed by atoms with Crippen LogP contribution in [0.1, 0.15) is 46.7 Å². The number of ether oxygens (including phenoxy) is 1. The summed E-state index contributed by atoms with van der Waals surface area (Å²) in [6.45, 7) is 1.92. The van der Waals surface area contributed by atoms with Crippen LogP contribution in [0.4, 0.5) is 5.69 Å². The van der Waals surface area contributed by atoms with E-state index in [0.29, 0.717) is 11.5 Å². The summed E-state index contributed by atoms with van der Waals surface area (Å²) < 4.78 is 4.72. The van der Waals surface area contributed by atoms with E-state index in [1.165, 1.54) is 31.9 Å². The largest absolute Gasteiger partial charge is 0.465 e. The first-order chi connectivity index (χ1) is 7.63. The molecule has 0 saturated heterocycles. The molecule has 3 nitrogen and oxygen atoms in total. The summed E-state index contributed by atoms with van der Waals surface area (Å²) in [6, 6.07) is 3.78. The van der Waals surface area contributed by atoms with Crippen molar-refractivity contribution in [3.8, 4) is 0 Å². The first-order valence-electron chi connectivity index (χ1n) is 5.62. The maximum absolute atomic E-state index is 11.5. The van der Waals surface area contributed by atoms with Gasteiger partial charge in [0.05, 0.1) is 12.7 Å². The number of nitrogens with two attached hydrogens (primary N) is 1. The molecule has 2 N–H and O–H groups in total. The van der Waals surface area contributed by atoms with Gasteiger partial charge in [0.25, 0.3) is 0 Å². The third-order valence-electron chi connectivity index (χ3n) is 3.38. The summed E-state index contributed by atoms with van der Waals surface area (Å²) in [7, 11) is 1.39. The van der Waals surface area contributed by atoms with Gasteiger partial charge in [0.2, 0.25) is 0 Å². The molecule has 0 amide bonds. The highest BCUT2D eigenvalue weighted by molar-refractivity contribution is 5.92. The predicted molar refractivity (Wildman–Crippen MR) is 63.5 cm³/mol. The molecule has 0 radical (unpaired) electrons. The third kappa shape index (κ3) is 1.77. The van der Waals surface area contributed by atoms with E-state index in [1.807, 2.05) is 13.0 Å². The molecule has 16 heavy (non-hydrogen) atoms. The van der Waals surface area contributed by atoms with Gasteiger partial charge < -0.3 is 10.5 Å². The Hall–Kier alpha value is -1.51. The van der Waals surface area contributed by atoms with E-state index >= 15 is 0 Å². The maximum Gasteiger partial charge on any atom is 0.338 e. The number of rotatable bonds is 2. The van der Waals surface area contributed by atoms with Crippen molar-refractivity contribution >= 4 is 11.7 Å². The standard InChI is InChI=1S/C13H17NO2/c1-8-6-11(9-4-3-5-9)12(14)7-10(8)13(15)16-2/h6-7,9H,3-5,14H2,1-2H3. The molecule has 3 heteroatoms. The molecule has 86 valence electrons. The molecule has 0 unspecified atom stereocenters.